The number of benzene rings is 1. The van der Waals surface area contributed by atoms with E-state index in [0.717, 1.165) is 17.3 Å². The molecule has 0 aliphatic rings. The Balaban J connectivity index is 2.83. The largest absolute Gasteiger partial charge is 0.591 e. The van der Waals surface area contributed by atoms with Crippen LogP contribution in [0.25, 0.3) is 0 Å². The Morgan fingerprint density at radius 3 is 2.88 bits per heavy atom. The van der Waals surface area contributed by atoms with Crippen molar-refractivity contribution >= 4 is 33.0 Å². The van der Waals surface area contributed by atoms with Crippen molar-refractivity contribution in [1.82, 2.24) is 0 Å². The van der Waals surface area contributed by atoms with Gasteiger partial charge in [-0.1, -0.05) is 33.7 Å². The van der Waals surface area contributed by atoms with Gasteiger partial charge in [0.05, 0.1) is 17.1 Å². The molecule has 1 unspecified atom stereocenters. The zero-order valence-corrected chi connectivity index (χ0v) is 12.3. The van der Waals surface area contributed by atoms with E-state index < -0.39 is 11.4 Å². The van der Waals surface area contributed by atoms with Crippen LogP contribution in [0.2, 0.25) is 0 Å². The Bertz CT molecular complexity index is 411. The van der Waals surface area contributed by atoms with Crippen molar-refractivity contribution < 1.29 is 8.94 Å². The van der Waals surface area contributed by atoms with Gasteiger partial charge < -0.3 is 4.55 Å². The lowest BCUT2D eigenvalue weighted by Gasteiger charge is -2.06. The standard InChI is InChI=1S/C12H15BrFNOS/c1-3-4-7-17(16)15-9(2)11-8-10(13)5-6-12(11)14/h5-6,8H,3-4,7H2,1-2H3. The highest BCUT2D eigenvalue weighted by Gasteiger charge is 2.10. The second-order valence-electron chi connectivity index (χ2n) is 3.68. The van der Waals surface area contributed by atoms with E-state index in [4.69, 9.17) is 0 Å². The quantitative estimate of drug-likeness (QED) is 0.599. The summed E-state index contributed by atoms with van der Waals surface area (Å²) in [5.41, 5.74) is 0.863. The number of hydrogen-bond donors (Lipinski definition) is 0. The summed E-state index contributed by atoms with van der Waals surface area (Å²) in [4.78, 5) is 0. The van der Waals surface area contributed by atoms with Gasteiger partial charge in [0.25, 0.3) is 0 Å². The third-order valence-corrected chi connectivity index (χ3v) is 3.84. The van der Waals surface area contributed by atoms with Crippen LogP contribution >= 0.6 is 15.9 Å². The summed E-state index contributed by atoms with van der Waals surface area (Å²) in [6.07, 6.45) is 1.84. The molecule has 0 radical (unpaired) electrons. The molecule has 1 aromatic rings. The van der Waals surface area contributed by atoms with Gasteiger partial charge in [-0.3, -0.25) is 0 Å². The molecule has 5 heteroatoms. The van der Waals surface area contributed by atoms with Gasteiger partial charge >= 0.3 is 0 Å². The van der Waals surface area contributed by atoms with Crippen molar-refractivity contribution in [1.29, 1.82) is 0 Å². The highest BCUT2D eigenvalue weighted by Crippen LogP contribution is 2.17. The van der Waals surface area contributed by atoms with E-state index in [-0.39, 0.29) is 5.82 Å². The fourth-order valence-corrected chi connectivity index (χ4v) is 2.68. The topological polar surface area (TPSA) is 35.4 Å². The van der Waals surface area contributed by atoms with Crippen LogP contribution in [0.15, 0.2) is 27.1 Å². The number of nitrogens with zero attached hydrogens (tertiary/aromatic N) is 1. The second-order valence-corrected chi connectivity index (χ2v) is 5.83. The molecule has 0 aliphatic heterocycles. The van der Waals surface area contributed by atoms with E-state index in [1.807, 2.05) is 6.92 Å². The van der Waals surface area contributed by atoms with Crippen molar-refractivity contribution in [2.24, 2.45) is 4.40 Å². The van der Waals surface area contributed by atoms with E-state index >= 15 is 0 Å². The maximum absolute atomic E-state index is 13.5. The Morgan fingerprint density at radius 1 is 1.53 bits per heavy atom. The molecule has 94 valence electrons. The number of unbranched alkanes of at least 4 members (excludes halogenated alkanes) is 1. The molecule has 0 N–H and O–H groups in total. The van der Waals surface area contributed by atoms with Crippen molar-refractivity contribution in [3.63, 3.8) is 0 Å². The lowest BCUT2D eigenvalue weighted by atomic mass is 10.1. The van der Waals surface area contributed by atoms with Crippen molar-refractivity contribution in [2.45, 2.75) is 26.7 Å². The summed E-state index contributed by atoms with van der Waals surface area (Å²) < 4.78 is 29.9. The molecule has 2 nitrogen and oxygen atoms in total. The monoisotopic (exact) mass is 319 g/mol. The van der Waals surface area contributed by atoms with Gasteiger partial charge in [0.2, 0.25) is 0 Å². The van der Waals surface area contributed by atoms with Crippen LogP contribution in [0.4, 0.5) is 4.39 Å². The summed E-state index contributed by atoms with van der Waals surface area (Å²) >= 11 is 2.02. The first kappa shape index (κ1) is 14.7. The predicted molar refractivity (Wildman–Crippen MR) is 74.2 cm³/mol. The van der Waals surface area contributed by atoms with Crippen LogP contribution in [-0.2, 0) is 11.4 Å². The van der Waals surface area contributed by atoms with Gasteiger partial charge in [0.1, 0.15) is 11.6 Å². The van der Waals surface area contributed by atoms with Crippen molar-refractivity contribution in [3.8, 4) is 0 Å². The molecule has 0 aromatic heterocycles. The average molecular weight is 320 g/mol. The van der Waals surface area contributed by atoms with E-state index in [2.05, 4.69) is 20.3 Å². The maximum Gasteiger partial charge on any atom is 0.133 e. The number of halogens is 2. The number of rotatable bonds is 5. The molecule has 0 bridgehead atoms. The summed E-state index contributed by atoms with van der Waals surface area (Å²) in [6, 6.07) is 4.64. The first-order valence-electron chi connectivity index (χ1n) is 5.43. The Morgan fingerprint density at radius 2 is 2.24 bits per heavy atom. The van der Waals surface area contributed by atoms with Crippen LogP contribution in [0.3, 0.4) is 0 Å². The average Bonchev–Trinajstić information content (AvgIpc) is 2.29. The Hall–Kier alpha value is -0.390. The first-order chi connectivity index (χ1) is 8.04. The summed E-state index contributed by atoms with van der Waals surface area (Å²) in [7, 11) is 0. The SMILES string of the molecule is CCCC[S+]([O-])N=C(C)c1cc(Br)ccc1F. The minimum Gasteiger partial charge on any atom is -0.591 e. The van der Waals surface area contributed by atoms with Crippen molar-refractivity contribution in [3.05, 3.63) is 34.1 Å². The molecule has 1 rings (SSSR count). The first-order valence-corrected chi connectivity index (χ1v) is 7.50. The molecule has 17 heavy (non-hydrogen) atoms. The lowest BCUT2D eigenvalue weighted by molar-refractivity contribution is 0.593. The predicted octanol–water partition coefficient (Wildman–Crippen LogP) is 3.86. The molecule has 0 aliphatic carbocycles. The molecule has 0 fully saturated rings. The fourth-order valence-electron chi connectivity index (χ4n) is 1.29. The van der Waals surface area contributed by atoms with Crippen LogP contribution in [0.1, 0.15) is 32.3 Å². The summed E-state index contributed by atoms with van der Waals surface area (Å²) in [5, 5.41) is 0. The normalized spacial score (nSPS) is 13.8. The minimum absolute atomic E-state index is 0.345. The second kappa shape index (κ2) is 7.13. The van der Waals surface area contributed by atoms with Gasteiger partial charge in [0, 0.05) is 10.0 Å². The molecule has 1 atom stereocenters. The molecule has 0 saturated carbocycles. The van der Waals surface area contributed by atoms with Gasteiger partial charge in [0.15, 0.2) is 0 Å². The maximum atomic E-state index is 13.5. The third-order valence-electron chi connectivity index (χ3n) is 2.23. The van der Waals surface area contributed by atoms with Gasteiger partial charge in [-0.25, -0.2) is 4.39 Å². The van der Waals surface area contributed by atoms with Gasteiger partial charge in [-0.15, -0.1) is 0 Å². The van der Waals surface area contributed by atoms with Gasteiger partial charge in [-0.2, -0.15) is 0 Å². The van der Waals surface area contributed by atoms with Gasteiger partial charge in [-0.05, 0) is 31.5 Å². The molecular weight excluding hydrogens is 305 g/mol. The number of hydrogen-bond acceptors (Lipinski definition) is 2. The fraction of sp³-hybridized carbons (Fsp3) is 0.417. The van der Waals surface area contributed by atoms with Crippen LogP contribution in [0.5, 0.6) is 0 Å². The van der Waals surface area contributed by atoms with Crippen molar-refractivity contribution in [2.75, 3.05) is 5.75 Å². The summed E-state index contributed by atoms with van der Waals surface area (Å²) in [6.45, 7) is 3.70. The van der Waals surface area contributed by atoms with Crippen LogP contribution in [0, 0.1) is 5.82 Å². The van der Waals surface area contributed by atoms with Crippen LogP contribution < -0.4 is 0 Å². The van der Waals surface area contributed by atoms with E-state index in [1.165, 1.54) is 6.07 Å². The highest BCUT2D eigenvalue weighted by atomic mass is 79.9. The zero-order valence-electron chi connectivity index (χ0n) is 9.87. The van der Waals surface area contributed by atoms with E-state index in [1.54, 1.807) is 19.1 Å². The lowest BCUT2D eigenvalue weighted by Crippen LogP contribution is -2.08. The minimum atomic E-state index is -1.26. The Kier molecular flexibility index (Phi) is 6.16. The molecule has 0 spiro atoms. The molecule has 0 saturated heterocycles. The zero-order chi connectivity index (χ0) is 12.8. The Labute approximate surface area is 113 Å². The highest BCUT2D eigenvalue weighted by molar-refractivity contribution is 9.10. The van der Waals surface area contributed by atoms with E-state index in [0.29, 0.717) is 17.0 Å². The molecular formula is C12H15BrFNOS. The third kappa shape index (κ3) is 4.77. The summed E-state index contributed by atoms with van der Waals surface area (Å²) in [5.74, 6) is 0.186. The smallest absolute Gasteiger partial charge is 0.133 e. The molecule has 0 heterocycles. The van der Waals surface area contributed by atoms with Crippen LogP contribution in [-0.4, -0.2) is 16.0 Å². The molecule has 1 aromatic carbocycles. The molecule has 0 amide bonds. The van der Waals surface area contributed by atoms with E-state index in [9.17, 15) is 8.94 Å².